The lowest BCUT2D eigenvalue weighted by Gasteiger charge is -2.43. The second-order valence-electron chi connectivity index (χ2n) is 7.47. The summed E-state index contributed by atoms with van der Waals surface area (Å²) in [6.07, 6.45) is 5.88. The molecule has 1 amide bonds. The summed E-state index contributed by atoms with van der Waals surface area (Å²) in [6, 6.07) is 10.4. The highest BCUT2D eigenvalue weighted by Crippen LogP contribution is 2.30. The Morgan fingerprint density at radius 3 is 2.67 bits per heavy atom. The van der Waals surface area contributed by atoms with Crippen molar-refractivity contribution in [2.24, 2.45) is 5.92 Å². The molecule has 4 nitrogen and oxygen atoms in total. The predicted molar refractivity (Wildman–Crippen MR) is 95.6 cm³/mol. The van der Waals surface area contributed by atoms with Crippen LogP contribution in [0.5, 0.6) is 0 Å². The van der Waals surface area contributed by atoms with Crippen LogP contribution in [0.2, 0.25) is 0 Å². The van der Waals surface area contributed by atoms with Crippen LogP contribution < -0.4 is 5.32 Å². The molecule has 1 heterocycles. The van der Waals surface area contributed by atoms with E-state index in [4.69, 9.17) is 0 Å². The van der Waals surface area contributed by atoms with Gasteiger partial charge in [0.05, 0.1) is 12.5 Å². The summed E-state index contributed by atoms with van der Waals surface area (Å²) in [7, 11) is 0. The van der Waals surface area contributed by atoms with Gasteiger partial charge in [0.1, 0.15) is 0 Å². The van der Waals surface area contributed by atoms with Crippen molar-refractivity contribution in [1.29, 1.82) is 0 Å². The molecule has 2 fully saturated rings. The molecule has 1 aromatic rings. The number of nitrogens with zero attached hydrogens (tertiary/aromatic N) is 1. The number of hydrogen-bond donors (Lipinski definition) is 2. The van der Waals surface area contributed by atoms with Gasteiger partial charge in [0, 0.05) is 18.6 Å². The van der Waals surface area contributed by atoms with Crippen LogP contribution in [0.3, 0.4) is 0 Å². The number of aliphatic hydroxyl groups is 1. The number of hydrogen-bond acceptors (Lipinski definition) is 3. The van der Waals surface area contributed by atoms with Crippen LogP contribution in [-0.4, -0.2) is 41.1 Å². The van der Waals surface area contributed by atoms with Gasteiger partial charge >= 0.3 is 0 Å². The zero-order valence-electron chi connectivity index (χ0n) is 14.7. The number of likely N-dealkylation sites (tertiary alicyclic amines) is 1. The minimum absolute atomic E-state index is 0.0559. The average Bonchev–Trinajstić information content (AvgIpc) is 2.54. The Kier molecular flexibility index (Phi) is 5.90. The maximum atomic E-state index is 12.3. The number of benzene rings is 1. The molecular weight excluding hydrogens is 300 g/mol. The molecule has 1 saturated carbocycles. The maximum Gasteiger partial charge on any atom is 0.223 e. The predicted octanol–water partition coefficient (Wildman–Crippen LogP) is 2.88. The monoisotopic (exact) mass is 330 g/mol. The molecule has 2 aliphatic rings. The van der Waals surface area contributed by atoms with Crippen molar-refractivity contribution >= 4 is 5.91 Å². The van der Waals surface area contributed by atoms with E-state index in [2.05, 4.69) is 17.1 Å². The first kappa shape index (κ1) is 17.4. The summed E-state index contributed by atoms with van der Waals surface area (Å²) < 4.78 is 0. The molecule has 3 unspecified atom stereocenters. The lowest BCUT2D eigenvalue weighted by molar-refractivity contribution is -0.124. The van der Waals surface area contributed by atoms with Crippen LogP contribution in [0.15, 0.2) is 30.3 Å². The number of aliphatic hydroxyl groups excluding tert-OH is 1. The van der Waals surface area contributed by atoms with E-state index >= 15 is 0 Å². The normalized spacial score (nSPS) is 24.8. The largest absolute Gasteiger partial charge is 0.388 e. The average molecular weight is 330 g/mol. The Hall–Kier alpha value is -1.39. The van der Waals surface area contributed by atoms with Gasteiger partial charge in [-0.1, -0.05) is 36.8 Å². The molecule has 1 aliphatic heterocycles. The molecule has 132 valence electrons. The molecule has 3 rings (SSSR count). The molecule has 0 aromatic heterocycles. The SMILES string of the molecule is CC(NC(=O)CC(O)c1ccccc1)C1CCCN(C2CCC2)C1. The van der Waals surface area contributed by atoms with Crippen LogP contribution in [-0.2, 0) is 4.79 Å². The Labute approximate surface area is 145 Å². The quantitative estimate of drug-likeness (QED) is 0.843. The van der Waals surface area contributed by atoms with E-state index in [9.17, 15) is 9.90 Å². The van der Waals surface area contributed by atoms with Crippen molar-refractivity contribution in [3.8, 4) is 0 Å². The van der Waals surface area contributed by atoms with Crippen LogP contribution in [0.4, 0.5) is 0 Å². The Morgan fingerprint density at radius 2 is 2.00 bits per heavy atom. The Balaban J connectivity index is 1.46. The standard InChI is InChI=1S/C20H30N2O2/c1-15(17-9-6-12-22(14-17)18-10-5-11-18)21-20(24)13-19(23)16-7-3-2-4-8-16/h2-4,7-8,15,17-19,23H,5-6,9-14H2,1H3,(H,21,24). The molecule has 3 atom stereocenters. The third-order valence-corrected chi connectivity index (χ3v) is 5.74. The summed E-state index contributed by atoms with van der Waals surface area (Å²) in [4.78, 5) is 14.9. The fourth-order valence-corrected chi connectivity index (χ4v) is 3.93. The maximum absolute atomic E-state index is 12.3. The van der Waals surface area contributed by atoms with Crippen LogP contribution in [0.1, 0.15) is 57.1 Å². The van der Waals surface area contributed by atoms with Crippen molar-refractivity contribution in [1.82, 2.24) is 10.2 Å². The summed E-state index contributed by atoms with van der Waals surface area (Å²) >= 11 is 0. The van der Waals surface area contributed by atoms with Crippen molar-refractivity contribution in [2.75, 3.05) is 13.1 Å². The molecular formula is C20H30N2O2. The number of carbonyl (C=O) groups is 1. The first-order chi connectivity index (χ1) is 11.6. The minimum atomic E-state index is -0.726. The van der Waals surface area contributed by atoms with Crippen LogP contribution >= 0.6 is 0 Å². The third-order valence-electron chi connectivity index (χ3n) is 5.74. The summed E-state index contributed by atoms with van der Waals surface area (Å²) in [5.41, 5.74) is 0.800. The molecule has 1 saturated heterocycles. The second kappa shape index (κ2) is 8.13. The molecule has 0 radical (unpaired) electrons. The fourth-order valence-electron chi connectivity index (χ4n) is 3.93. The van der Waals surface area contributed by atoms with E-state index < -0.39 is 6.10 Å². The Morgan fingerprint density at radius 1 is 1.25 bits per heavy atom. The van der Waals surface area contributed by atoms with Crippen LogP contribution in [0, 0.1) is 5.92 Å². The third kappa shape index (κ3) is 4.37. The van der Waals surface area contributed by atoms with Crippen LogP contribution in [0.25, 0.3) is 0 Å². The van der Waals surface area contributed by atoms with E-state index in [0.29, 0.717) is 5.92 Å². The smallest absolute Gasteiger partial charge is 0.223 e. The lowest BCUT2D eigenvalue weighted by atomic mass is 9.85. The molecule has 0 spiro atoms. The minimum Gasteiger partial charge on any atom is -0.388 e. The van der Waals surface area contributed by atoms with Gasteiger partial charge in [0.15, 0.2) is 0 Å². The zero-order chi connectivity index (χ0) is 16.9. The number of nitrogens with one attached hydrogen (secondary N) is 1. The Bertz CT molecular complexity index is 530. The number of rotatable bonds is 6. The van der Waals surface area contributed by atoms with E-state index in [-0.39, 0.29) is 18.4 Å². The van der Waals surface area contributed by atoms with E-state index in [1.54, 1.807) is 0 Å². The summed E-state index contributed by atoms with van der Waals surface area (Å²) in [5.74, 6) is 0.469. The molecule has 0 bridgehead atoms. The van der Waals surface area contributed by atoms with Gasteiger partial charge in [-0.05, 0) is 50.6 Å². The van der Waals surface area contributed by atoms with Crippen molar-refractivity contribution in [2.45, 2.75) is 63.6 Å². The highest BCUT2D eigenvalue weighted by Gasteiger charge is 2.32. The van der Waals surface area contributed by atoms with E-state index in [0.717, 1.165) is 18.2 Å². The number of amides is 1. The number of piperidine rings is 1. The highest BCUT2D eigenvalue weighted by molar-refractivity contribution is 5.77. The van der Waals surface area contributed by atoms with Gasteiger partial charge in [-0.3, -0.25) is 4.79 Å². The van der Waals surface area contributed by atoms with Gasteiger partial charge in [-0.15, -0.1) is 0 Å². The fraction of sp³-hybridized carbons (Fsp3) is 0.650. The van der Waals surface area contributed by atoms with Crippen molar-refractivity contribution in [3.63, 3.8) is 0 Å². The zero-order valence-corrected chi connectivity index (χ0v) is 14.7. The van der Waals surface area contributed by atoms with Gasteiger partial charge in [0.25, 0.3) is 0 Å². The lowest BCUT2D eigenvalue weighted by Crippen LogP contribution is -2.50. The molecule has 2 N–H and O–H groups in total. The van der Waals surface area contributed by atoms with Gasteiger partial charge < -0.3 is 15.3 Å². The van der Waals surface area contributed by atoms with Crippen molar-refractivity contribution < 1.29 is 9.90 Å². The summed E-state index contributed by atoms with van der Waals surface area (Å²) in [6.45, 7) is 4.43. The van der Waals surface area contributed by atoms with E-state index in [1.165, 1.54) is 38.6 Å². The molecule has 4 heteroatoms. The highest BCUT2D eigenvalue weighted by atomic mass is 16.3. The topological polar surface area (TPSA) is 52.6 Å². The second-order valence-corrected chi connectivity index (χ2v) is 7.47. The molecule has 1 aromatic carbocycles. The van der Waals surface area contributed by atoms with E-state index in [1.807, 2.05) is 30.3 Å². The van der Waals surface area contributed by atoms with Gasteiger partial charge in [-0.25, -0.2) is 0 Å². The first-order valence-corrected chi connectivity index (χ1v) is 9.40. The number of carbonyl (C=O) groups excluding carboxylic acids is 1. The molecule has 24 heavy (non-hydrogen) atoms. The summed E-state index contributed by atoms with van der Waals surface area (Å²) in [5, 5.41) is 13.3. The van der Waals surface area contributed by atoms with Gasteiger partial charge in [0.2, 0.25) is 5.91 Å². The molecule has 1 aliphatic carbocycles. The van der Waals surface area contributed by atoms with Crippen molar-refractivity contribution in [3.05, 3.63) is 35.9 Å². The van der Waals surface area contributed by atoms with Gasteiger partial charge in [-0.2, -0.15) is 0 Å². The first-order valence-electron chi connectivity index (χ1n) is 9.40.